The van der Waals surface area contributed by atoms with E-state index in [4.69, 9.17) is 4.42 Å². The van der Waals surface area contributed by atoms with Crippen LogP contribution in [-0.4, -0.2) is 30.6 Å². The van der Waals surface area contributed by atoms with E-state index in [0.29, 0.717) is 41.1 Å². The molecule has 0 saturated heterocycles. The summed E-state index contributed by atoms with van der Waals surface area (Å²) >= 11 is 0. The molecule has 0 unspecified atom stereocenters. The topological polar surface area (TPSA) is 110 Å². The highest BCUT2D eigenvalue weighted by atomic mass is 16.5. The van der Waals surface area contributed by atoms with E-state index in [-0.39, 0.29) is 18.1 Å². The van der Waals surface area contributed by atoms with Gasteiger partial charge in [-0.05, 0) is 49.6 Å². The van der Waals surface area contributed by atoms with Crippen LogP contribution in [0.1, 0.15) is 56.2 Å². The Morgan fingerprint density at radius 2 is 1.76 bits per heavy atom. The van der Waals surface area contributed by atoms with Crippen molar-refractivity contribution in [3.8, 4) is 0 Å². The van der Waals surface area contributed by atoms with Gasteiger partial charge < -0.3 is 14.5 Å². The molecule has 0 radical (unpaired) electrons. The van der Waals surface area contributed by atoms with Crippen LogP contribution in [0.3, 0.4) is 0 Å². The second kappa shape index (κ2) is 10.2. The number of carbonyl (C=O) groups excluding carboxylic acids is 3. The molecular formula is C26H25N3O5. The van der Waals surface area contributed by atoms with Crippen LogP contribution < -0.4 is 10.7 Å². The van der Waals surface area contributed by atoms with Crippen molar-refractivity contribution in [2.24, 2.45) is 5.10 Å². The number of esters is 1. The predicted molar refractivity (Wildman–Crippen MR) is 127 cm³/mol. The Labute approximate surface area is 197 Å². The van der Waals surface area contributed by atoms with Crippen LogP contribution in [0.15, 0.2) is 64.1 Å². The Morgan fingerprint density at radius 3 is 2.47 bits per heavy atom. The van der Waals surface area contributed by atoms with Gasteiger partial charge in [0.05, 0.1) is 24.8 Å². The first kappa shape index (κ1) is 23.0. The Kier molecular flexibility index (Phi) is 6.87. The quantitative estimate of drug-likeness (QED) is 0.427. The van der Waals surface area contributed by atoms with Crippen LogP contribution in [-0.2, 0) is 22.4 Å². The van der Waals surface area contributed by atoms with Gasteiger partial charge in [0.1, 0.15) is 5.76 Å². The number of benzene rings is 2. The van der Waals surface area contributed by atoms with Gasteiger partial charge in [-0.2, -0.15) is 5.10 Å². The van der Waals surface area contributed by atoms with Crippen LogP contribution in [0.2, 0.25) is 0 Å². The number of fused-ring (bicyclic) bond motifs is 1. The number of aryl methyl sites for hydroxylation is 1. The van der Waals surface area contributed by atoms with Gasteiger partial charge in [-0.15, -0.1) is 0 Å². The first-order valence-corrected chi connectivity index (χ1v) is 11.0. The van der Waals surface area contributed by atoms with E-state index in [1.54, 1.807) is 24.3 Å². The molecule has 0 fully saturated rings. The maximum absolute atomic E-state index is 12.9. The highest BCUT2D eigenvalue weighted by Crippen LogP contribution is 2.30. The first-order valence-electron chi connectivity index (χ1n) is 11.0. The summed E-state index contributed by atoms with van der Waals surface area (Å²) in [5.41, 5.74) is 6.60. The third kappa shape index (κ3) is 5.06. The lowest BCUT2D eigenvalue weighted by atomic mass is 9.93. The summed E-state index contributed by atoms with van der Waals surface area (Å²) in [4.78, 5) is 36.8. The molecule has 0 aliphatic heterocycles. The van der Waals surface area contributed by atoms with Gasteiger partial charge in [0.2, 0.25) is 5.91 Å². The number of amides is 2. The fourth-order valence-corrected chi connectivity index (χ4v) is 3.94. The molecule has 3 aromatic rings. The lowest BCUT2D eigenvalue weighted by molar-refractivity contribution is -0.120. The number of nitrogens with one attached hydrogen (secondary N) is 2. The fraction of sp³-hybridized carbons (Fsp3) is 0.231. The van der Waals surface area contributed by atoms with Gasteiger partial charge in [0.15, 0.2) is 5.76 Å². The molecule has 0 atom stereocenters. The van der Waals surface area contributed by atoms with Crippen molar-refractivity contribution < 1.29 is 23.5 Å². The minimum absolute atomic E-state index is 0.201. The molecule has 2 amide bonds. The number of furan rings is 1. The molecule has 174 valence electrons. The molecule has 4 rings (SSSR count). The summed E-state index contributed by atoms with van der Waals surface area (Å²) in [5, 5.41) is 7.14. The number of hydrogen-bond acceptors (Lipinski definition) is 6. The average molecular weight is 460 g/mol. The molecule has 0 bridgehead atoms. The number of hydrazone groups is 1. The molecule has 2 N–H and O–H groups in total. The molecule has 0 saturated carbocycles. The van der Waals surface area contributed by atoms with Crippen molar-refractivity contribution >= 4 is 29.2 Å². The van der Waals surface area contributed by atoms with Crippen molar-refractivity contribution in [1.29, 1.82) is 0 Å². The molecule has 34 heavy (non-hydrogen) atoms. The number of ether oxygens (including phenoxy) is 1. The molecule has 1 aromatic heterocycles. The number of hydrogen-bond donors (Lipinski definition) is 2. The zero-order valence-electron chi connectivity index (χ0n) is 19.0. The molecule has 1 aliphatic carbocycles. The van der Waals surface area contributed by atoms with E-state index in [9.17, 15) is 14.4 Å². The third-order valence-corrected chi connectivity index (χ3v) is 5.62. The maximum atomic E-state index is 12.9. The summed E-state index contributed by atoms with van der Waals surface area (Å²) < 4.78 is 10.6. The normalized spacial score (nSPS) is 13.8. The van der Waals surface area contributed by atoms with E-state index in [0.717, 1.165) is 17.5 Å². The largest absolute Gasteiger partial charge is 0.465 e. The molecule has 2 aromatic carbocycles. The third-order valence-electron chi connectivity index (χ3n) is 5.62. The highest BCUT2D eigenvalue weighted by Gasteiger charge is 2.28. The minimum atomic E-state index is -0.449. The highest BCUT2D eigenvalue weighted by molar-refractivity contribution is 6.09. The van der Waals surface area contributed by atoms with Gasteiger partial charge >= 0.3 is 5.97 Å². The molecule has 0 spiro atoms. The van der Waals surface area contributed by atoms with Gasteiger partial charge in [-0.25, -0.2) is 10.2 Å². The Morgan fingerprint density at radius 1 is 1.03 bits per heavy atom. The molecule has 8 nitrogen and oxygen atoms in total. The zero-order valence-corrected chi connectivity index (χ0v) is 19.0. The van der Waals surface area contributed by atoms with E-state index in [2.05, 4.69) is 20.6 Å². The first-order chi connectivity index (χ1) is 16.5. The van der Waals surface area contributed by atoms with E-state index >= 15 is 0 Å². The van der Waals surface area contributed by atoms with Crippen LogP contribution in [0.5, 0.6) is 0 Å². The number of nitrogens with zero attached hydrogens (tertiary/aromatic N) is 1. The van der Waals surface area contributed by atoms with Crippen molar-refractivity contribution in [1.82, 2.24) is 5.43 Å². The van der Waals surface area contributed by atoms with Gasteiger partial charge in [0.25, 0.3) is 5.91 Å². The van der Waals surface area contributed by atoms with Crippen molar-refractivity contribution in [3.63, 3.8) is 0 Å². The Hall–Kier alpha value is -4.20. The fourth-order valence-electron chi connectivity index (χ4n) is 3.94. The van der Waals surface area contributed by atoms with Gasteiger partial charge in [-0.1, -0.05) is 30.3 Å². The second-order valence-electron chi connectivity index (χ2n) is 7.99. The summed E-state index contributed by atoms with van der Waals surface area (Å²) in [6.45, 7) is 1.81. The van der Waals surface area contributed by atoms with Crippen LogP contribution in [0.25, 0.3) is 0 Å². The van der Waals surface area contributed by atoms with Crippen molar-refractivity contribution in [2.45, 2.75) is 32.6 Å². The summed E-state index contributed by atoms with van der Waals surface area (Å²) in [7, 11) is 1.31. The monoisotopic (exact) mass is 459 g/mol. The standard InChI is InChI=1S/C26H25N3O5/c1-16-23-20(28-29-22(30)15-17-7-4-3-5-8-17)9-6-10-21(23)34-24(16)25(31)27-19-13-11-18(12-14-19)26(32)33-2/h3-5,7-8,11-14H,6,9-10,15H2,1-2H3,(H,27,31)(H,29,30)/b28-20+. The number of methoxy groups -OCH3 is 1. The minimum Gasteiger partial charge on any atom is -0.465 e. The molecule has 1 heterocycles. The van der Waals surface area contributed by atoms with E-state index in [1.807, 2.05) is 37.3 Å². The summed E-state index contributed by atoms with van der Waals surface area (Å²) in [6.07, 6.45) is 2.41. The Balaban J connectivity index is 1.48. The smallest absolute Gasteiger partial charge is 0.337 e. The molecule has 8 heteroatoms. The molecule has 1 aliphatic rings. The average Bonchev–Trinajstić information content (AvgIpc) is 3.20. The summed E-state index contributed by atoms with van der Waals surface area (Å²) in [6, 6.07) is 15.8. The van der Waals surface area contributed by atoms with E-state index in [1.165, 1.54) is 7.11 Å². The van der Waals surface area contributed by atoms with E-state index < -0.39 is 11.9 Å². The Bertz CT molecular complexity index is 1240. The number of anilines is 1. The summed E-state index contributed by atoms with van der Waals surface area (Å²) in [5.74, 6) is -0.168. The second-order valence-corrected chi connectivity index (χ2v) is 7.99. The van der Waals surface area contributed by atoms with Crippen LogP contribution >= 0.6 is 0 Å². The molecular weight excluding hydrogens is 434 g/mol. The number of carbonyl (C=O) groups is 3. The van der Waals surface area contributed by atoms with Gasteiger partial charge in [-0.3, -0.25) is 9.59 Å². The zero-order chi connectivity index (χ0) is 24.1. The number of rotatable bonds is 6. The SMILES string of the molecule is COC(=O)c1ccc(NC(=O)c2oc3c(c2C)/C(=N/NC(=O)Cc2ccccc2)CCC3)cc1. The van der Waals surface area contributed by atoms with Crippen LogP contribution in [0.4, 0.5) is 5.69 Å². The van der Waals surface area contributed by atoms with Crippen molar-refractivity contribution in [3.05, 3.63) is 88.4 Å². The maximum Gasteiger partial charge on any atom is 0.337 e. The lowest BCUT2D eigenvalue weighted by Gasteiger charge is -2.13. The van der Waals surface area contributed by atoms with Crippen LogP contribution in [0, 0.1) is 6.92 Å². The lowest BCUT2D eigenvalue weighted by Crippen LogP contribution is -2.23. The predicted octanol–water partition coefficient (Wildman–Crippen LogP) is 4.03. The van der Waals surface area contributed by atoms with Crippen molar-refractivity contribution in [2.75, 3.05) is 12.4 Å². The van der Waals surface area contributed by atoms with Gasteiger partial charge in [0, 0.05) is 23.2 Å².